The number of aryl methyl sites for hydroxylation is 2. The zero-order valence-electron chi connectivity index (χ0n) is 18.8. The molecule has 0 atom stereocenters. The van der Waals surface area contributed by atoms with E-state index in [4.69, 9.17) is 9.47 Å². The number of carbonyl (C=O) groups is 1. The van der Waals surface area contributed by atoms with Gasteiger partial charge < -0.3 is 9.47 Å². The Hall–Kier alpha value is -4.12. The summed E-state index contributed by atoms with van der Waals surface area (Å²) in [6.07, 6.45) is 1.56. The molecule has 5 nitrogen and oxygen atoms in total. The van der Waals surface area contributed by atoms with Gasteiger partial charge >= 0.3 is 5.97 Å². The summed E-state index contributed by atoms with van der Waals surface area (Å²) in [6, 6.07) is 24.7. The van der Waals surface area contributed by atoms with Gasteiger partial charge in [-0.15, -0.1) is 0 Å². The van der Waals surface area contributed by atoms with Gasteiger partial charge in [0.15, 0.2) is 0 Å². The second-order valence-electron chi connectivity index (χ2n) is 8.13. The van der Waals surface area contributed by atoms with Crippen molar-refractivity contribution in [2.24, 2.45) is 0 Å². The van der Waals surface area contributed by atoms with E-state index in [1.54, 1.807) is 10.7 Å². The van der Waals surface area contributed by atoms with Gasteiger partial charge in [0.2, 0.25) is 0 Å². The lowest BCUT2D eigenvalue weighted by atomic mass is 9.98. The first-order chi connectivity index (χ1) is 16.1. The molecule has 0 saturated heterocycles. The van der Waals surface area contributed by atoms with Crippen LogP contribution in [0.2, 0.25) is 0 Å². The van der Waals surface area contributed by atoms with Crippen LogP contribution < -0.4 is 4.74 Å². The van der Waals surface area contributed by atoms with E-state index in [-0.39, 0.29) is 0 Å². The fourth-order valence-electron chi connectivity index (χ4n) is 4.27. The van der Waals surface area contributed by atoms with Crippen molar-refractivity contribution in [3.8, 4) is 16.9 Å². The molecule has 2 aromatic heterocycles. The molecule has 0 aliphatic rings. The van der Waals surface area contributed by atoms with E-state index in [1.807, 2.05) is 43.3 Å². The van der Waals surface area contributed by atoms with E-state index in [1.165, 1.54) is 12.7 Å². The van der Waals surface area contributed by atoms with E-state index < -0.39 is 5.97 Å². The van der Waals surface area contributed by atoms with Gasteiger partial charge in [-0.2, -0.15) is 5.10 Å². The van der Waals surface area contributed by atoms with Crippen LogP contribution in [0, 0.1) is 13.8 Å². The van der Waals surface area contributed by atoms with Crippen LogP contribution in [0.3, 0.4) is 0 Å². The molecule has 33 heavy (non-hydrogen) atoms. The monoisotopic (exact) mass is 436 g/mol. The molecule has 5 heteroatoms. The molecular formula is C28H24N2O3. The van der Waals surface area contributed by atoms with Crippen molar-refractivity contribution in [2.75, 3.05) is 7.11 Å². The minimum atomic E-state index is -0.412. The first-order valence-electron chi connectivity index (χ1n) is 10.8. The number of hydrogen-bond donors (Lipinski definition) is 0. The fourth-order valence-corrected chi connectivity index (χ4v) is 4.27. The lowest BCUT2D eigenvalue weighted by Crippen LogP contribution is -2.05. The molecular weight excluding hydrogens is 412 g/mol. The maximum Gasteiger partial charge on any atom is 0.341 e. The summed E-state index contributed by atoms with van der Waals surface area (Å²) in [5.41, 5.74) is 6.42. The maximum absolute atomic E-state index is 12.5. The van der Waals surface area contributed by atoms with Gasteiger partial charge in [-0.05, 0) is 42.7 Å². The highest BCUT2D eigenvalue weighted by atomic mass is 16.5. The Bertz CT molecular complexity index is 1490. The van der Waals surface area contributed by atoms with Gasteiger partial charge in [0, 0.05) is 10.8 Å². The van der Waals surface area contributed by atoms with Crippen molar-refractivity contribution in [1.82, 2.24) is 9.61 Å². The zero-order valence-corrected chi connectivity index (χ0v) is 18.8. The lowest BCUT2D eigenvalue weighted by molar-refractivity contribution is 0.0603. The number of pyridine rings is 1. The van der Waals surface area contributed by atoms with E-state index in [0.717, 1.165) is 44.4 Å². The molecule has 0 fully saturated rings. The maximum atomic E-state index is 12.5. The molecule has 0 spiro atoms. The van der Waals surface area contributed by atoms with Gasteiger partial charge in [0.05, 0.1) is 24.5 Å². The number of nitrogens with zero attached hydrogens (tertiary/aromatic N) is 2. The highest BCUT2D eigenvalue weighted by Gasteiger charge is 2.21. The summed E-state index contributed by atoms with van der Waals surface area (Å²) in [7, 11) is 1.39. The third-order valence-corrected chi connectivity index (χ3v) is 5.92. The van der Waals surface area contributed by atoms with Crippen LogP contribution in [-0.4, -0.2) is 22.7 Å². The number of aromatic nitrogens is 2. The molecule has 0 unspecified atom stereocenters. The summed E-state index contributed by atoms with van der Waals surface area (Å²) in [4.78, 5) is 12.5. The second-order valence-corrected chi connectivity index (χ2v) is 8.13. The van der Waals surface area contributed by atoms with Crippen molar-refractivity contribution >= 4 is 22.3 Å². The Labute approximate surface area is 192 Å². The smallest absolute Gasteiger partial charge is 0.341 e. The van der Waals surface area contributed by atoms with Crippen molar-refractivity contribution in [2.45, 2.75) is 20.5 Å². The van der Waals surface area contributed by atoms with Gasteiger partial charge in [0.1, 0.15) is 17.9 Å². The summed E-state index contributed by atoms with van der Waals surface area (Å²) in [6.45, 7) is 4.47. The molecule has 5 rings (SSSR count). The number of esters is 1. The van der Waals surface area contributed by atoms with Crippen LogP contribution in [0.25, 0.3) is 27.4 Å². The Kier molecular flexibility index (Phi) is 5.31. The number of rotatable bonds is 5. The minimum Gasteiger partial charge on any atom is -0.486 e. The highest BCUT2D eigenvalue weighted by Crippen LogP contribution is 2.37. The average Bonchev–Trinajstić information content (AvgIpc) is 3.30. The number of hydrogen-bond acceptors (Lipinski definition) is 4. The average molecular weight is 437 g/mol. The van der Waals surface area contributed by atoms with E-state index in [2.05, 4.69) is 48.4 Å². The molecule has 3 aromatic carbocycles. The molecule has 0 aliphatic heterocycles. The lowest BCUT2D eigenvalue weighted by Gasteiger charge is -2.16. The standard InChI is InChI=1S/C28H24N2O3/c1-18-8-7-11-21(14-18)22-12-13-23-24(15-22)26-25(28(31)32-3)16-29-30(26)19(2)27(23)33-17-20-9-5-4-6-10-20/h4-16H,17H2,1-3H3. The molecule has 0 aliphatic carbocycles. The number of ether oxygens (including phenoxy) is 2. The minimum absolute atomic E-state index is 0.412. The van der Waals surface area contributed by atoms with Crippen LogP contribution in [0.1, 0.15) is 27.2 Å². The largest absolute Gasteiger partial charge is 0.486 e. The molecule has 0 amide bonds. The van der Waals surface area contributed by atoms with Gasteiger partial charge in [-0.1, -0.05) is 66.2 Å². The second kappa shape index (κ2) is 8.43. The van der Waals surface area contributed by atoms with E-state index in [0.29, 0.717) is 12.2 Å². The van der Waals surface area contributed by atoms with Crippen LogP contribution in [0.5, 0.6) is 5.75 Å². The van der Waals surface area contributed by atoms with Crippen LogP contribution in [0.15, 0.2) is 79.0 Å². The Morgan fingerprint density at radius 2 is 1.70 bits per heavy atom. The summed E-state index contributed by atoms with van der Waals surface area (Å²) in [5, 5.41) is 6.32. The van der Waals surface area contributed by atoms with Crippen molar-refractivity contribution in [3.63, 3.8) is 0 Å². The normalized spacial score (nSPS) is 11.1. The van der Waals surface area contributed by atoms with Crippen LogP contribution in [0.4, 0.5) is 0 Å². The van der Waals surface area contributed by atoms with Gasteiger partial charge in [-0.3, -0.25) is 0 Å². The first-order valence-corrected chi connectivity index (χ1v) is 10.8. The number of methoxy groups -OCH3 is 1. The third-order valence-electron chi connectivity index (χ3n) is 5.92. The predicted molar refractivity (Wildman–Crippen MR) is 130 cm³/mol. The zero-order chi connectivity index (χ0) is 22.9. The molecule has 0 saturated carbocycles. The molecule has 2 heterocycles. The van der Waals surface area contributed by atoms with Crippen LogP contribution >= 0.6 is 0 Å². The third kappa shape index (κ3) is 3.72. The van der Waals surface area contributed by atoms with Gasteiger partial charge in [0.25, 0.3) is 0 Å². The number of benzene rings is 3. The molecule has 164 valence electrons. The summed E-state index contributed by atoms with van der Waals surface area (Å²) >= 11 is 0. The quantitative estimate of drug-likeness (QED) is 0.311. The highest BCUT2D eigenvalue weighted by molar-refractivity contribution is 6.10. The first kappa shape index (κ1) is 20.8. The van der Waals surface area contributed by atoms with E-state index >= 15 is 0 Å². The van der Waals surface area contributed by atoms with Gasteiger partial charge in [-0.25, -0.2) is 9.31 Å². The molecule has 0 radical (unpaired) electrons. The molecule has 0 N–H and O–H groups in total. The SMILES string of the molecule is COC(=O)c1cnn2c(C)c(OCc3ccccc3)c3ccc(-c4cccc(C)c4)cc3c12. The number of fused-ring (bicyclic) bond motifs is 3. The van der Waals surface area contributed by atoms with Crippen LogP contribution in [-0.2, 0) is 11.3 Å². The Balaban J connectivity index is 1.75. The molecule has 0 bridgehead atoms. The Morgan fingerprint density at radius 1 is 0.909 bits per heavy atom. The predicted octanol–water partition coefficient (Wildman–Crippen LogP) is 6.14. The van der Waals surface area contributed by atoms with Crippen molar-refractivity contribution in [3.05, 3.63) is 101 Å². The summed E-state index contributed by atoms with van der Waals surface area (Å²) < 4.78 is 13.1. The topological polar surface area (TPSA) is 52.8 Å². The van der Waals surface area contributed by atoms with Crippen molar-refractivity contribution < 1.29 is 14.3 Å². The van der Waals surface area contributed by atoms with Crippen molar-refractivity contribution in [1.29, 1.82) is 0 Å². The fraction of sp³-hybridized carbons (Fsp3) is 0.143. The summed E-state index contributed by atoms with van der Waals surface area (Å²) in [5.74, 6) is 0.335. The molecule has 5 aromatic rings. The van der Waals surface area contributed by atoms with E-state index in [9.17, 15) is 4.79 Å². The Morgan fingerprint density at radius 3 is 2.45 bits per heavy atom. The number of carbonyl (C=O) groups excluding carboxylic acids is 1.